The summed E-state index contributed by atoms with van der Waals surface area (Å²) in [5.41, 5.74) is 8.29. The van der Waals surface area contributed by atoms with Crippen LogP contribution in [0.2, 0.25) is 0 Å². The van der Waals surface area contributed by atoms with Crippen molar-refractivity contribution in [3.05, 3.63) is 36.0 Å². The fourth-order valence-corrected chi connectivity index (χ4v) is 2.34. The fourth-order valence-electron chi connectivity index (χ4n) is 2.34. The molecular weight excluding hydrogens is 236 g/mol. The van der Waals surface area contributed by atoms with Gasteiger partial charge in [0.05, 0.1) is 6.61 Å². The van der Waals surface area contributed by atoms with E-state index < -0.39 is 0 Å². The molecule has 0 atom stereocenters. The number of para-hydroxylation sites is 1. The molecule has 3 nitrogen and oxygen atoms in total. The molecule has 0 amide bonds. The Bertz CT molecular complexity index is 516. The summed E-state index contributed by atoms with van der Waals surface area (Å²) in [4.78, 5) is 0. The standard InChI is InChI=1S/C16H24N2O/c1-13(2)12-19-10-9-18-11-14(7-8-17)15-5-3-4-6-16(15)18/h3-6,11,13H,7-10,12,17H2,1-2H3. The highest BCUT2D eigenvalue weighted by molar-refractivity contribution is 5.84. The lowest BCUT2D eigenvalue weighted by Crippen LogP contribution is -2.09. The minimum absolute atomic E-state index is 0.592. The van der Waals surface area contributed by atoms with Gasteiger partial charge < -0.3 is 15.0 Å². The molecule has 19 heavy (non-hydrogen) atoms. The maximum absolute atomic E-state index is 5.68. The number of fused-ring (bicyclic) bond motifs is 1. The summed E-state index contributed by atoms with van der Waals surface area (Å²) < 4.78 is 7.95. The monoisotopic (exact) mass is 260 g/mol. The van der Waals surface area contributed by atoms with Gasteiger partial charge >= 0.3 is 0 Å². The van der Waals surface area contributed by atoms with Crippen LogP contribution in [0, 0.1) is 5.92 Å². The van der Waals surface area contributed by atoms with Crippen molar-refractivity contribution >= 4 is 10.9 Å². The number of nitrogens with zero attached hydrogens (tertiary/aromatic N) is 1. The van der Waals surface area contributed by atoms with Crippen LogP contribution in [-0.2, 0) is 17.7 Å². The van der Waals surface area contributed by atoms with E-state index in [9.17, 15) is 0 Å². The van der Waals surface area contributed by atoms with Gasteiger partial charge in [0.1, 0.15) is 0 Å². The van der Waals surface area contributed by atoms with Crippen molar-refractivity contribution in [3.8, 4) is 0 Å². The summed E-state index contributed by atoms with van der Waals surface area (Å²) in [7, 11) is 0. The van der Waals surface area contributed by atoms with Crippen molar-refractivity contribution in [2.45, 2.75) is 26.8 Å². The van der Waals surface area contributed by atoms with Crippen LogP contribution in [0.3, 0.4) is 0 Å². The van der Waals surface area contributed by atoms with Crippen LogP contribution in [0.1, 0.15) is 19.4 Å². The molecule has 104 valence electrons. The Kier molecular flexibility index (Phi) is 5.00. The SMILES string of the molecule is CC(C)COCCn1cc(CCN)c2ccccc21. The average molecular weight is 260 g/mol. The minimum atomic E-state index is 0.592. The van der Waals surface area contributed by atoms with Crippen molar-refractivity contribution < 1.29 is 4.74 Å². The Labute approximate surface area is 115 Å². The molecule has 0 fully saturated rings. The second-order valence-corrected chi connectivity index (χ2v) is 5.37. The Morgan fingerprint density at radius 3 is 2.79 bits per heavy atom. The number of hydrogen-bond acceptors (Lipinski definition) is 2. The molecule has 2 aromatic rings. The van der Waals surface area contributed by atoms with Crippen LogP contribution in [0.25, 0.3) is 10.9 Å². The van der Waals surface area contributed by atoms with E-state index in [1.807, 2.05) is 0 Å². The van der Waals surface area contributed by atoms with E-state index >= 15 is 0 Å². The largest absolute Gasteiger partial charge is 0.379 e. The van der Waals surface area contributed by atoms with Gasteiger partial charge in [0, 0.05) is 30.3 Å². The normalized spacial score (nSPS) is 11.6. The maximum atomic E-state index is 5.68. The van der Waals surface area contributed by atoms with E-state index in [0.29, 0.717) is 12.5 Å². The molecule has 0 saturated carbocycles. The third kappa shape index (κ3) is 3.58. The summed E-state index contributed by atoms with van der Waals surface area (Å²) >= 11 is 0. The zero-order chi connectivity index (χ0) is 13.7. The number of rotatable bonds is 7. The summed E-state index contributed by atoms with van der Waals surface area (Å²) in [5, 5.41) is 1.32. The summed E-state index contributed by atoms with van der Waals surface area (Å²) in [6.07, 6.45) is 3.15. The fraction of sp³-hybridized carbons (Fsp3) is 0.500. The Balaban J connectivity index is 2.09. The van der Waals surface area contributed by atoms with Crippen molar-refractivity contribution in [1.29, 1.82) is 0 Å². The molecule has 0 aliphatic carbocycles. The van der Waals surface area contributed by atoms with Gasteiger partial charge in [-0.2, -0.15) is 0 Å². The lowest BCUT2D eigenvalue weighted by molar-refractivity contribution is 0.104. The highest BCUT2D eigenvalue weighted by Gasteiger charge is 2.07. The van der Waals surface area contributed by atoms with Crippen LogP contribution >= 0.6 is 0 Å². The van der Waals surface area contributed by atoms with Gasteiger partial charge in [-0.15, -0.1) is 0 Å². The van der Waals surface area contributed by atoms with Gasteiger partial charge in [-0.1, -0.05) is 32.0 Å². The summed E-state index contributed by atoms with van der Waals surface area (Å²) in [5.74, 6) is 0.592. The molecule has 0 radical (unpaired) electrons. The lowest BCUT2D eigenvalue weighted by Gasteiger charge is -2.08. The van der Waals surface area contributed by atoms with Gasteiger partial charge in [-0.3, -0.25) is 0 Å². The molecule has 1 aromatic heterocycles. The molecule has 0 saturated heterocycles. The van der Waals surface area contributed by atoms with Crippen LogP contribution in [-0.4, -0.2) is 24.3 Å². The van der Waals surface area contributed by atoms with Crippen molar-refractivity contribution in [2.24, 2.45) is 11.7 Å². The highest BCUT2D eigenvalue weighted by Crippen LogP contribution is 2.21. The van der Waals surface area contributed by atoms with Gasteiger partial charge in [0.15, 0.2) is 0 Å². The first-order valence-electron chi connectivity index (χ1n) is 7.07. The van der Waals surface area contributed by atoms with E-state index in [2.05, 4.69) is 48.9 Å². The zero-order valence-electron chi connectivity index (χ0n) is 11.9. The first-order chi connectivity index (χ1) is 9.22. The van der Waals surface area contributed by atoms with Crippen LogP contribution in [0.5, 0.6) is 0 Å². The number of benzene rings is 1. The molecule has 3 heteroatoms. The molecule has 2 rings (SSSR count). The van der Waals surface area contributed by atoms with Crippen LogP contribution in [0.15, 0.2) is 30.5 Å². The van der Waals surface area contributed by atoms with Crippen molar-refractivity contribution in [1.82, 2.24) is 4.57 Å². The number of ether oxygens (including phenoxy) is 1. The molecule has 0 bridgehead atoms. The second-order valence-electron chi connectivity index (χ2n) is 5.37. The molecule has 0 aliphatic heterocycles. The van der Waals surface area contributed by atoms with E-state index in [0.717, 1.165) is 26.2 Å². The molecule has 0 spiro atoms. The van der Waals surface area contributed by atoms with E-state index in [4.69, 9.17) is 10.5 Å². The smallest absolute Gasteiger partial charge is 0.0645 e. The van der Waals surface area contributed by atoms with E-state index in [-0.39, 0.29) is 0 Å². The molecule has 0 aliphatic rings. The Morgan fingerprint density at radius 2 is 2.05 bits per heavy atom. The van der Waals surface area contributed by atoms with Crippen molar-refractivity contribution in [2.75, 3.05) is 19.8 Å². The van der Waals surface area contributed by atoms with Crippen LogP contribution < -0.4 is 5.73 Å². The summed E-state index contributed by atoms with van der Waals surface area (Å²) in [6, 6.07) is 8.51. The third-order valence-corrected chi connectivity index (χ3v) is 3.21. The average Bonchev–Trinajstić information content (AvgIpc) is 2.74. The molecule has 0 unspecified atom stereocenters. The van der Waals surface area contributed by atoms with Gasteiger partial charge in [0.25, 0.3) is 0 Å². The van der Waals surface area contributed by atoms with Gasteiger partial charge in [0.2, 0.25) is 0 Å². The van der Waals surface area contributed by atoms with Gasteiger partial charge in [-0.05, 0) is 30.5 Å². The molecule has 2 N–H and O–H groups in total. The predicted octanol–water partition coefficient (Wildman–Crippen LogP) is 2.82. The minimum Gasteiger partial charge on any atom is -0.379 e. The molecular formula is C16H24N2O. The molecule has 1 heterocycles. The summed E-state index contributed by atoms with van der Waals surface area (Å²) in [6.45, 7) is 7.53. The van der Waals surface area contributed by atoms with Crippen molar-refractivity contribution in [3.63, 3.8) is 0 Å². The highest BCUT2D eigenvalue weighted by atomic mass is 16.5. The van der Waals surface area contributed by atoms with Gasteiger partial charge in [-0.25, -0.2) is 0 Å². The molecule has 1 aromatic carbocycles. The Morgan fingerprint density at radius 1 is 1.26 bits per heavy atom. The number of nitrogens with two attached hydrogens (primary N) is 1. The number of aromatic nitrogens is 1. The maximum Gasteiger partial charge on any atom is 0.0645 e. The quantitative estimate of drug-likeness (QED) is 0.778. The number of hydrogen-bond donors (Lipinski definition) is 1. The second kappa shape index (κ2) is 6.73. The van der Waals surface area contributed by atoms with E-state index in [1.165, 1.54) is 16.5 Å². The Hall–Kier alpha value is -1.32. The topological polar surface area (TPSA) is 40.2 Å². The first kappa shape index (κ1) is 14.1. The first-order valence-corrected chi connectivity index (χ1v) is 7.07. The van der Waals surface area contributed by atoms with Crippen LogP contribution in [0.4, 0.5) is 0 Å². The van der Waals surface area contributed by atoms with E-state index in [1.54, 1.807) is 0 Å². The lowest BCUT2D eigenvalue weighted by atomic mass is 10.1. The zero-order valence-corrected chi connectivity index (χ0v) is 11.9. The predicted molar refractivity (Wildman–Crippen MR) is 80.4 cm³/mol. The third-order valence-electron chi connectivity index (χ3n) is 3.21.